The summed E-state index contributed by atoms with van der Waals surface area (Å²) in [6.07, 6.45) is 6.33. The lowest BCUT2D eigenvalue weighted by molar-refractivity contribution is -0.137. The topological polar surface area (TPSA) is 49.4 Å². The van der Waals surface area contributed by atoms with Gasteiger partial charge in [0.05, 0.1) is 0 Å². The molecule has 100 valence electrons. The predicted octanol–water partition coefficient (Wildman–Crippen LogP) is 1.49. The number of hydrogen-bond acceptors (Lipinski definition) is 2. The summed E-state index contributed by atoms with van der Waals surface area (Å²) in [7, 11) is 0. The summed E-state index contributed by atoms with van der Waals surface area (Å²) < 4.78 is 0. The largest absolute Gasteiger partial charge is 0.344 e. The second-order valence-corrected chi connectivity index (χ2v) is 4.68. The van der Waals surface area contributed by atoms with E-state index in [2.05, 4.69) is 18.5 Å². The molecule has 2 amide bonds. The van der Waals surface area contributed by atoms with Gasteiger partial charge in [-0.1, -0.05) is 18.6 Å². The third-order valence-electron chi connectivity index (χ3n) is 3.22. The molecule has 1 N–H and O–H groups in total. The van der Waals surface area contributed by atoms with Gasteiger partial charge in [0.15, 0.2) is 0 Å². The third-order valence-corrected chi connectivity index (χ3v) is 3.22. The fraction of sp³-hybridized carbons (Fsp3) is 0.571. The lowest BCUT2D eigenvalue weighted by Crippen LogP contribution is -2.49. The van der Waals surface area contributed by atoms with Crippen molar-refractivity contribution < 1.29 is 9.59 Å². The molecule has 0 aliphatic heterocycles. The molecule has 1 aliphatic carbocycles. The number of nitrogens with zero attached hydrogens (tertiary/aromatic N) is 1. The van der Waals surface area contributed by atoms with Gasteiger partial charge in [0, 0.05) is 19.0 Å². The Morgan fingerprint density at radius 1 is 1.33 bits per heavy atom. The van der Waals surface area contributed by atoms with E-state index in [1.807, 2.05) is 0 Å². The molecule has 4 heteroatoms. The van der Waals surface area contributed by atoms with Crippen molar-refractivity contribution in [2.45, 2.75) is 32.2 Å². The van der Waals surface area contributed by atoms with E-state index >= 15 is 0 Å². The average molecular weight is 250 g/mol. The van der Waals surface area contributed by atoms with Crippen molar-refractivity contribution in [3.63, 3.8) is 0 Å². The molecule has 1 atom stereocenters. The Kier molecular flexibility index (Phi) is 5.62. The normalized spacial score (nSPS) is 16.3. The van der Waals surface area contributed by atoms with E-state index in [0.29, 0.717) is 13.1 Å². The van der Waals surface area contributed by atoms with Gasteiger partial charge in [0.2, 0.25) is 11.8 Å². The summed E-state index contributed by atoms with van der Waals surface area (Å²) in [6, 6.07) is -0.488. The maximum atomic E-state index is 12.1. The molecule has 1 aliphatic rings. The summed E-state index contributed by atoms with van der Waals surface area (Å²) in [5.41, 5.74) is 0. The van der Waals surface area contributed by atoms with Gasteiger partial charge < -0.3 is 10.2 Å². The van der Waals surface area contributed by atoms with Crippen LogP contribution in [0.1, 0.15) is 26.2 Å². The standard InChI is InChI=1S/C14H22N2O2/c1-4-9-16(10-5-2)14(18)11(3)15-13(17)12-7-6-8-12/h4-5,11-12H,1-2,6-10H2,3H3,(H,15,17). The van der Waals surface area contributed by atoms with E-state index in [-0.39, 0.29) is 17.7 Å². The monoisotopic (exact) mass is 250 g/mol. The van der Waals surface area contributed by atoms with Gasteiger partial charge >= 0.3 is 0 Å². The average Bonchev–Trinajstić information content (AvgIpc) is 2.25. The summed E-state index contributed by atoms with van der Waals surface area (Å²) in [5, 5.41) is 2.78. The molecular formula is C14H22N2O2. The van der Waals surface area contributed by atoms with E-state index in [0.717, 1.165) is 19.3 Å². The summed E-state index contributed by atoms with van der Waals surface area (Å²) >= 11 is 0. The van der Waals surface area contributed by atoms with E-state index in [9.17, 15) is 9.59 Å². The molecule has 0 aromatic rings. The van der Waals surface area contributed by atoms with Crippen LogP contribution in [0.3, 0.4) is 0 Å². The first-order valence-corrected chi connectivity index (χ1v) is 6.41. The van der Waals surface area contributed by atoms with Crippen LogP contribution in [0.5, 0.6) is 0 Å². The van der Waals surface area contributed by atoms with Crippen molar-refractivity contribution in [2.24, 2.45) is 5.92 Å². The Labute approximate surface area is 109 Å². The van der Waals surface area contributed by atoms with E-state index < -0.39 is 6.04 Å². The Balaban J connectivity index is 2.48. The second kappa shape index (κ2) is 6.99. The zero-order valence-corrected chi connectivity index (χ0v) is 11.0. The van der Waals surface area contributed by atoms with Gasteiger partial charge in [0.25, 0.3) is 0 Å². The maximum Gasteiger partial charge on any atom is 0.245 e. The Hall–Kier alpha value is -1.58. The molecule has 0 aromatic heterocycles. The molecule has 0 saturated heterocycles. The molecule has 1 rings (SSSR count). The minimum atomic E-state index is -0.488. The van der Waals surface area contributed by atoms with Crippen LogP contribution >= 0.6 is 0 Å². The minimum absolute atomic E-state index is 0.000689. The van der Waals surface area contributed by atoms with Crippen molar-refractivity contribution in [1.82, 2.24) is 10.2 Å². The van der Waals surface area contributed by atoms with Crippen LogP contribution in [0, 0.1) is 5.92 Å². The van der Waals surface area contributed by atoms with Crippen molar-refractivity contribution in [2.75, 3.05) is 13.1 Å². The number of amides is 2. The molecule has 1 saturated carbocycles. The molecule has 0 heterocycles. The van der Waals surface area contributed by atoms with Crippen LogP contribution in [-0.2, 0) is 9.59 Å². The summed E-state index contributed by atoms with van der Waals surface area (Å²) in [6.45, 7) is 9.89. The first-order chi connectivity index (χ1) is 8.60. The molecule has 1 fully saturated rings. The van der Waals surface area contributed by atoms with Crippen molar-refractivity contribution in [3.8, 4) is 0 Å². The lowest BCUT2D eigenvalue weighted by Gasteiger charge is -2.28. The number of carbonyl (C=O) groups excluding carboxylic acids is 2. The third kappa shape index (κ3) is 3.72. The molecule has 1 unspecified atom stereocenters. The Morgan fingerprint density at radius 3 is 2.28 bits per heavy atom. The Bertz CT molecular complexity index is 325. The fourth-order valence-corrected chi connectivity index (χ4v) is 1.90. The molecule has 0 radical (unpaired) electrons. The van der Waals surface area contributed by atoms with Crippen molar-refractivity contribution >= 4 is 11.8 Å². The van der Waals surface area contributed by atoms with Crippen LogP contribution in [0.4, 0.5) is 0 Å². The van der Waals surface area contributed by atoms with E-state index in [4.69, 9.17) is 0 Å². The molecule has 0 spiro atoms. The maximum absolute atomic E-state index is 12.1. The molecule has 18 heavy (non-hydrogen) atoms. The second-order valence-electron chi connectivity index (χ2n) is 4.68. The first-order valence-electron chi connectivity index (χ1n) is 6.41. The van der Waals surface area contributed by atoms with Gasteiger partial charge in [-0.05, 0) is 19.8 Å². The number of carbonyl (C=O) groups is 2. The van der Waals surface area contributed by atoms with E-state index in [1.165, 1.54) is 0 Å². The highest BCUT2D eigenvalue weighted by Crippen LogP contribution is 2.26. The highest BCUT2D eigenvalue weighted by atomic mass is 16.2. The summed E-state index contributed by atoms with van der Waals surface area (Å²) in [4.78, 5) is 25.5. The fourth-order valence-electron chi connectivity index (χ4n) is 1.90. The predicted molar refractivity (Wildman–Crippen MR) is 71.9 cm³/mol. The van der Waals surface area contributed by atoms with Crippen LogP contribution in [0.2, 0.25) is 0 Å². The SMILES string of the molecule is C=CCN(CC=C)C(=O)C(C)NC(=O)C1CCC1. The van der Waals surface area contributed by atoms with Gasteiger partial charge in [-0.2, -0.15) is 0 Å². The minimum Gasteiger partial charge on any atom is -0.344 e. The first kappa shape index (κ1) is 14.5. The Morgan fingerprint density at radius 2 is 1.89 bits per heavy atom. The van der Waals surface area contributed by atoms with Crippen LogP contribution < -0.4 is 5.32 Å². The molecule has 4 nitrogen and oxygen atoms in total. The molecule has 0 aromatic carbocycles. The zero-order valence-electron chi connectivity index (χ0n) is 11.0. The van der Waals surface area contributed by atoms with Gasteiger partial charge in [-0.25, -0.2) is 0 Å². The van der Waals surface area contributed by atoms with Crippen LogP contribution in [0.25, 0.3) is 0 Å². The highest BCUT2D eigenvalue weighted by molar-refractivity contribution is 5.88. The van der Waals surface area contributed by atoms with Crippen LogP contribution in [-0.4, -0.2) is 35.8 Å². The van der Waals surface area contributed by atoms with Gasteiger partial charge in [-0.3, -0.25) is 9.59 Å². The molecular weight excluding hydrogens is 228 g/mol. The number of hydrogen-bond donors (Lipinski definition) is 1. The van der Waals surface area contributed by atoms with Gasteiger partial charge in [0.1, 0.15) is 6.04 Å². The van der Waals surface area contributed by atoms with Crippen LogP contribution in [0.15, 0.2) is 25.3 Å². The number of nitrogens with one attached hydrogen (secondary N) is 1. The van der Waals surface area contributed by atoms with Gasteiger partial charge in [-0.15, -0.1) is 13.2 Å². The lowest BCUT2D eigenvalue weighted by atomic mass is 9.84. The smallest absolute Gasteiger partial charge is 0.245 e. The summed E-state index contributed by atoms with van der Waals surface area (Å²) in [5.74, 6) is 0.00855. The molecule has 0 bridgehead atoms. The highest BCUT2D eigenvalue weighted by Gasteiger charge is 2.28. The zero-order chi connectivity index (χ0) is 13.5. The van der Waals surface area contributed by atoms with E-state index in [1.54, 1.807) is 24.0 Å². The quantitative estimate of drug-likeness (QED) is 0.696. The number of rotatable bonds is 7. The van der Waals surface area contributed by atoms with Crippen molar-refractivity contribution in [1.29, 1.82) is 0 Å². The van der Waals surface area contributed by atoms with Crippen molar-refractivity contribution in [3.05, 3.63) is 25.3 Å².